The minimum atomic E-state index is -4.24. The fourth-order valence-electron chi connectivity index (χ4n) is 3.56. The number of methoxy groups -OCH3 is 1. The molecular weight excluding hydrogens is 449 g/mol. The van der Waals surface area contributed by atoms with Gasteiger partial charge in [-0.1, -0.05) is 23.2 Å². The van der Waals surface area contributed by atoms with Gasteiger partial charge in [-0.25, -0.2) is 12.7 Å². The summed E-state index contributed by atoms with van der Waals surface area (Å²) in [6.07, 6.45) is 0.548. The van der Waals surface area contributed by atoms with Crippen LogP contribution < -0.4 is 4.74 Å². The van der Waals surface area contributed by atoms with Gasteiger partial charge < -0.3 is 4.74 Å². The fraction of sp³-hybridized carbons (Fsp3) is 0.333. The summed E-state index contributed by atoms with van der Waals surface area (Å²) in [5.41, 5.74) is 0.675. The standard InChI is InChI=1S/C21H21Cl2NO5S/c1-13-19(25)9-3-14(11-15-12-17(23)6-10-20(15)29-2)21(26)24(13)30(27,28)18-7-4-16(22)5-8-18/h4-8,10,12-14H,3,9,11H2,1-2H3/t13-,14-/m1/s1. The quantitative estimate of drug-likeness (QED) is 0.657. The summed E-state index contributed by atoms with van der Waals surface area (Å²) in [4.78, 5) is 25.8. The number of hydrogen-bond donors (Lipinski definition) is 0. The summed E-state index contributed by atoms with van der Waals surface area (Å²) in [5, 5.41) is 0.841. The van der Waals surface area contributed by atoms with E-state index in [4.69, 9.17) is 27.9 Å². The molecule has 1 aliphatic rings. The maximum absolute atomic E-state index is 13.4. The first-order valence-electron chi connectivity index (χ1n) is 9.34. The molecule has 3 rings (SSSR count). The number of carbonyl (C=O) groups is 2. The van der Waals surface area contributed by atoms with Crippen molar-refractivity contribution >= 4 is 44.9 Å². The zero-order chi connectivity index (χ0) is 22.1. The average Bonchev–Trinajstić information content (AvgIpc) is 2.80. The highest BCUT2D eigenvalue weighted by atomic mass is 35.5. The molecule has 0 bridgehead atoms. The van der Waals surface area contributed by atoms with Gasteiger partial charge in [0.15, 0.2) is 5.78 Å². The zero-order valence-corrected chi connectivity index (χ0v) is 18.8. The zero-order valence-electron chi connectivity index (χ0n) is 16.5. The minimum absolute atomic E-state index is 0.0964. The van der Waals surface area contributed by atoms with Crippen molar-refractivity contribution < 1.29 is 22.7 Å². The lowest BCUT2D eigenvalue weighted by molar-refractivity contribution is -0.134. The Balaban J connectivity index is 2.01. The molecule has 0 aromatic heterocycles. The van der Waals surface area contributed by atoms with E-state index in [0.717, 1.165) is 0 Å². The van der Waals surface area contributed by atoms with E-state index in [1.807, 2.05) is 0 Å². The molecule has 1 saturated heterocycles. The second-order valence-corrected chi connectivity index (χ2v) is 9.82. The van der Waals surface area contributed by atoms with Crippen LogP contribution in [0, 0.1) is 5.92 Å². The Bertz CT molecular complexity index is 1070. The van der Waals surface area contributed by atoms with Crippen molar-refractivity contribution in [1.82, 2.24) is 4.31 Å². The third-order valence-corrected chi connectivity index (χ3v) is 7.57. The van der Waals surface area contributed by atoms with Crippen molar-refractivity contribution in [3.63, 3.8) is 0 Å². The first kappa shape index (κ1) is 22.6. The van der Waals surface area contributed by atoms with E-state index >= 15 is 0 Å². The molecule has 1 heterocycles. The summed E-state index contributed by atoms with van der Waals surface area (Å²) in [5.74, 6) is -1.09. The Hall–Kier alpha value is -2.09. The number of Topliss-reactive ketones (excluding diaryl/α,β-unsaturated/α-hetero) is 1. The normalized spacial score (nSPS) is 20.2. The molecule has 1 aliphatic heterocycles. The molecule has 160 valence electrons. The van der Waals surface area contributed by atoms with Crippen molar-refractivity contribution in [2.45, 2.75) is 37.1 Å². The predicted molar refractivity (Wildman–Crippen MR) is 114 cm³/mol. The number of amides is 1. The van der Waals surface area contributed by atoms with E-state index in [2.05, 4.69) is 0 Å². The predicted octanol–water partition coefficient (Wildman–Crippen LogP) is 4.13. The molecule has 0 unspecified atom stereocenters. The molecule has 2 aromatic rings. The summed E-state index contributed by atoms with van der Waals surface area (Å²) >= 11 is 11.9. The molecule has 1 amide bonds. The van der Waals surface area contributed by atoms with Crippen molar-refractivity contribution in [1.29, 1.82) is 0 Å². The van der Waals surface area contributed by atoms with Crippen LogP contribution in [0.4, 0.5) is 0 Å². The van der Waals surface area contributed by atoms with Crippen LogP contribution in [0.1, 0.15) is 25.3 Å². The lowest BCUT2D eigenvalue weighted by atomic mass is 9.93. The number of ether oxygens (including phenoxy) is 1. The van der Waals surface area contributed by atoms with Crippen molar-refractivity contribution in [2.75, 3.05) is 7.11 Å². The van der Waals surface area contributed by atoms with Gasteiger partial charge in [-0.3, -0.25) is 9.59 Å². The Morgan fingerprint density at radius 2 is 1.70 bits per heavy atom. The van der Waals surface area contributed by atoms with Gasteiger partial charge in [-0.05, 0) is 67.8 Å². The van der Waals surface area contributed by atoms with Crippen LogP contribution in [0.25, 0.3) is 0 Å². The highest BCUT2D eigenvalue weighted by molar-refractivity contribution is 7.89. The lowest BCUT2D eigenvalue weighted by Gasteiger charge is -2.28. The molecule has 0 radical (unpaired) electrons. The van der Waals surface area contributed by atoms with Crippen molar-refractivity contribution in [2.24, 2.45) is 5.92 Å². The van der Waals surface area contributed by atoms with Crippen molar-refractivity contribution in [3.8, 4) is 5.75 Å². The number of carbonyl (C=O) groups excluding carboxylic acids is 2. The molecule has 0 spiro atoms. The van der Waals surface area contributed by atoms with Crippen LogP contribution >= 0.6 is 23.2 Å². The Labute approximate surface area is 185 Å². The van der Waals surface area contributed by atoms with Gasteiger partial charge in [0.05, 0.1) is 12.0 Å². The van der Waals surface area contributed by atoms with Crippen LogP contribution in [0.15, 0.2) is 47.4 Å². The van der Waals surface area contributed by atoms with Gasteiger partial charge >= 0.3 is 0 Å². The third kappa shape index (κ3) is 4.48. The largest absolute Gasteiger partial charge is 0.496 e. The third-order valence-electron chi connectivity index (χ3n) is 5.20. The number of hydrogen-bond acceptors (Lipinski definition) is 5. The summed E-state index contributed by atoms with van der Waals surface area (Å²) in [6, 6.07) is 9.45. The molecule has 9 heteroatoms. The molecule has 6 nitrogen and oxygen atoms in total. The smallest absolute Gasteiger partial charge is 0.267 e. The average molecular weight is 470 g/mol. The molecular formula is C21H21Cl2NO5S. The van der Waals surface area contributed by atoms with Gasteiger partial charge in [0.2, 0.25) is 5.91 Å². The fourth-order valence-corrected chi connectivity index (χ4v) is 5.51. The van der Waals surface area contributed by atoms with E-state index in [-0.39, 0.29) is 29.9 Å². The van der Waals surface area contributed by atoms with Crippen molar-refractivity contribution in [3.05, 3.63) is 58.1 Å². The number of halogens is 2. The van der Waals surface area contributed by atoms with E-state index < -0.39 is 27.9 Å². The summed E-state index contributed by atoms with van der Waals surface area (Å²) in [6.45, 7) is 1.44. The first-order chi connectivity index (χ1) is 14.1. The van der Waals surface area contributed by atoms with Crippen LogP contribution in [0.2, 0.25) is 10.0 Å². The minimum Gasteiger partial charge on any atom is -0.496 e. The number of nitrogens with zero attached hydrogens (tertiary/aromatic N) is 1. The number of sulfonamides is 1. The topological polar surface area (TPSA) is 80.8 Å². The molecule has 0 aliphatic carbocycles. The van der Waals surface area contributed by atoms with Gasteiger partial charge in [-0.2, -0.15) is 0 Å². The monoisotopic (exact) mass is 469 g/mol. The highest BCUT2D eigenvalue weighted by Gasteiger charge is 2.42. The van der Waals surface area contributed by atoms with Crippen LogP contribution in [-0.4, -0.2) is 37.6 Å². The number of ketones is 1. The van der Waals surface area contributed by atoms with E-state index in [9.17, 15) is 18.0 Å². The van der Waals surface area contributed by atoms with Crippen LogP contribution in [-0.2, 0) is 26.0 Å². The number of rotatable bonds is 5. The second kappa shape index (κ2) is 8.96. The maximum atomic E-state index is 13.4. The lowest BCUT2D eigenvalue weighted by Crippen LogP contribution is -2.47. The second-order valence-electron chi connectivity index (χ2n) is 7.13. The first-order valence-corrected chi connectivity index (χ1v) is 11.5. The molecule has 30 heavy (non-hydrogen) atoms. The van der Waals surface area contributed by atoms with Gasteiger partial charge in [0.25, 0.3) is 10.0 Å². The molecule has 0 saturated carbocycles. The molecule has 0 N–H and O–H groups in total. The van der Waals surface area contributed by atoms with Gasteiger partial charge in [0.1, 0.15) is 11.8 Å². The van der Waals surface area contributed by atoms with Crippen LogP contribution in [0.5, 0.6) is 5.75 Å². The van der Waals surface area contributed by atoms with Gasteiger partial charge in [-0.15, -0.1) is 0 Å². The summed E-state index contributed by atoms with van der Waals surface area (Å²) < 4.78 is 32.6. The van der Waals surface area contributed by atoms with E-state index in [0.29, 0.717) is 25.7 Å². The maximum Gasteiger partial charge on any atom is 0.267 e. The van der Waals surface area contributed by atoms with E-state index in [1.54, 1.807) is 18.2 Å². The highest BCUT2D eigenvalue weighted by Crippen LogP contribution is 2.32. The Kier molecular flexibility index (Phi) is 6.75. The number of benzene rings is 2. The molecule has 1 fully saturated rings. The SMILES string of the molecule is COc1ccc(Cl)cc1C[C@H]1CCC(=O)[C@@H](C)N(S(=O)(=O)c2ccc(Cl)cc2)C1=O. The van der Waals surface area contributed by atoms with Gasteiger partial charge in [0, 0.05) is 22.4 Å². The Morgan fingerprint density at radius 3 is 2.33 bits per heavy atom. The van der Waals surface area contributed by atoms with Crippen LogP contribution in [0.3, 0.4) is 0 Å². The Morgan fingerprint density at radius 1 is 1.07 bits per heavy atom. The molecule has 2 aromatic carbocycles. The molecule has 2 atom stereocenters. The van der Waals surface area contributed by atoms with E-state index in [1.165, 1.54) is 38.3 Å². The summed E-state index contributed by atoms with van der Waals surface area (Å²) in [7, 11) is -2.73.